The van der Waals surface area contributed by atoms with Gasteiger partial charge < -0.3 is 19.9 Å². The van der Waals surface area contributed by atoms with Gasteiger partial charge in [0.2, 0.25) is 5.91 Å². The SMILES string of the molecule is COc1ccc(CC(=O)O)cc1Oc1ccc(NC(=O)C(C)C)cc1CS. The molecule has 0 aliphatic rings. The lowest BCUT2D eigenvalue weighted by molar-refractivity contribution is -0.136. The van der Waals surface area contributed by atoms with Crippen molar-refractivity contribution in [1.29, 1.82) is 0 Å². The number of hydrogen-bond acceptors (Lipinski definition) is 5. The second kappa shape index (κ2) is 9.32. The Morgan fingerprint density at radius 3 is 2.41 bits per heavy atom. The number of ether oxygens (including phenoxy) is 2. The van der Waals surface area contributed by atoms with Crippen LogP contribution in [0.3, 0.4) is 0 Å². The number of anilines is 1. The molecule has 2 aromatic carbocycles. The van der Waals surface area contributed by atoms with Gasteiger partial charge in [0.15, 0.2) is 11.5 Å². The summed E-state index contributed by atoms with van der Waals surface area (Å²) in [5.41, 5.74) is 2.05. The fourth-order valence-corrected chi connectivity index (χ4v) is 2.62. The first kappa shape index (κ1) is 20.6. The van der Waals surface area contributed by atoms with Gasteiger partial charge in [-0.05, 0) is 35.9 Å². The highest BCUT2D eigenvalue weighted by Crippen LogP contribution is 2.35. The Bertz CT molecular complexity index is 835. The average Bonchev–Trinajstić information content (AvgIpc) is 2.62. The molecule has 0 aliphatic carbocycles. The van der Waals surface area contributed by atoms with Gasteiger partial charge in [-0.25, -0.2) is 0 Å². The Kier molecular flexibility index (Phi) is 7.12. The molecular weight excluding hydrogens is 366 g/mol. The fraction of sp³-hybridized carbons (Fsp3) is 0.300. The summed E-state index contributed by atoms with van der Waals surface area (Å²) in [7, 11) is 1.52. The summed E-state index contributed by atoms with van der Waals surface area (Å²) in [5.74, 6) is 0.742. The minimum atomic E-state index is -0.924. The number of benzene rings is 2. The zero-order valence-corrected chi connectivity index (χ0v) is 16.4. The summed E-state index contributed by atoms with van der Waals surface area (Å²) < 4.78 is 11.3. The number of thiol groups is 1. The molecule has 2 aromatic rings. The molecule has 0 fully saturated rings. The van der Waals surface area contributed by atoms with Gasteiger partial charge in [-0.15, -0.1) is 0 Å². The summed E-state index contributed by atoms with van der Waals surface area (Å²) in [6.07, 6.45) is -0.111. The number of hydrogen-bond donors (Lipinski definition) is 3. The highest BCUT2D eigenvalue weighted by Gasteiger charge is 2.13. The molecule has 0 aromatic heterocycles. The Balaban J connectivity index is 2.30. The lowest BCUT2D eigenvalue weighted by Gasteiger charge is -2.15. The molecule has 0 heterocycles. The summed E-state index contributed by atoms with van der Waals surface area (Å²) in [6, 6.07) is 10.3. The van der Waals surface area contributed by atoms with Crippen LogP contribution >= 0.6 is 12.6 Å². The van der Waals surface area contributed by atoms with Gasteiger partial charge in [-0.2, -0.15) is 12.6 Å². The van der Waals surface area contributed by atoms with Crippen molar-refractivity contribution < 1.29 is 24.2 Å². The van der Waals surface area contributed by atoms with Crippen LogP contribution in [-0.4, -0.2) is 24.1 Å². The summed E-state index contributed by atoms with van der Waals surface area (Å²) in [6.45, 7) is 3.64. The zero-order chi connectivity index (χ0) is 20.0. The average molecular weight is 389 g/mol. The zero-order valence-electron chi connectivity index (χ0n) is 15.5. The van der Waals surface area contributed by atoms with Crippen LogP contribution in [0.25, 0.3) is 0 Å². The van der Waals surface area contributed by atoms with E-state index in [1.54, 1.807) is 36.4 Å². The maximum absolute atomic E-state index is 11.9. The van der Waals surface area contributed by atoms with Crippen LogP contribution < -0.4 is 14.8 Å². The number of carbonyl (C=O) groups excluding carboxylic acids is 1. The standard InChI is InChI=1S/C20H23NO5S/c1-12(2)20(24)21-15-5-7-16(14(10-15)11-27)26-18-8-13(9-19(22)23)4-6-17(18)25-3/h4-8,10,12,27H,9,11H2,1-3H3,(H,21,24)(H,22,23). The first-order valence-corrected chi connectivity index (χ1v) is 9.08. The minimum Gasteiger partial charge on any atom is -0.493 e. The van der Waals surface area contributed by atoms with Gasteiger partial charge in [-0.1, -0.05) is 19.9 Å². The van der Waals surface area contributed by atoms with E-state index in [0.29, 0.717) is 34.3 Å². The summed E-state index contributed by atoms with van der Waals surface area (Å²) in [5, 5.41) is 11.8. The molecule has 0 unspecified atom stereocenters. The summed E-state index contributed by atoms with van der Waals surface area (Å²) in [4.78, 5) is 22.8. The number of aliphatic carboxylic acids is 1. The van der Waals surface area contributed by atoms with Crippen molar-refractivity contribution >= 4 is 30.2 Å². The van der Waals surface area contributed by atoms with E-state index in [0.717, 1.165) is 5.56 Å². The van der Waals surface area contributed by atoms with E-state index in [4.69, 9.17) is 14.6 Å². The molecule has 2 N–H and O–H groups in total. The lowest BCUT2D eigenvalue weighted by atomic mass is 10.1. The van der Waals surface area contributed by atoms with Gasteiger partial charge in [0.1, 0.15) is 5.75 Å². The number of amides is 1. The Morgan fingerprint density at radius 1 is 1.11 bits per heavy atom. The molecule has 0 spiro atoms. The van der Waals surface area contributed by atoms with Crippen molar-refractivity contribution in [3.05, 3.63) is 47.5 Å². The van der Waals surface area contributed by atoms with Gasteiger partial charge >= 0.3 is 5.97 Å². The normalized spacial score (nSPS) is 10.6. The highest BCUT2D eigenvalue weighted by atomic mass is 32.1. The van der Waals surface area contributed by atoms with Crippen molar-refractivity contribution in [1.82, 2.24) is 0 Å². The minimum absolute atomic E-state index is 0.0724. The van der Waals surface area contributed by atoms with Crippen molar-refractivity contribution in [3.8, 4) is 17.2 Å². The van der Waals surface area contributed by atoms with Crippen LogP contribution in [0.5, 0.6) is 17.2 Å². The second-order valence-corrected chi connectivity index (χ2v) is 6.60. The quantitative estimate of drug-likeness (QED) is 0.591. The second-order valence-electron chi connectivity index (χ2n) is 6.28. The van der Waals surface area contributed by atoms with Crippen LogP contribution in [0.15, 0.2) is 36.4 Å². The van der Waals surface area contributed by atoms with E-state index in [9.17, 15) is 9.59 Å². The van der Waals surface area contributed by atoms with Crippen molar-refractivity contribution in [2.75, 3.05) is 12.4 Å². The monoisotopic (exact) mass is 389 g/mol. The third kappa shape index (κ3) is 5.65. The van der Waals surface area contributed by atoms with Gasteiger partial charge in [-0.3, -0.25) is 9.59 Å². The van der Waals surface area contributed by atoms with E-state index in [2.05, 4.69) is 17.9 Å². The predicted octanol–water partition coefficient (Wildman–Crippen LogP) is 4.14. The Labute approximate surface area is 163 Å². The number of nitrogens with one attached hydrogen (secondary N) is 1. The van der Waals surface area contributed by atoms with Crippen LogP contribution in [0.4, 0.5) is 5.69 Å². The topological polar surface area (TPSA) is 84.9 Å². The molecule has 1 amide bonds. The predicted molar refractivity (Wildman–Crippen MR) is 107 cm³/mol. The molecule has 6 nitrogen and oxygen atoms in total. The van der Waals surface area contributed by atoms with Crippen LogP contribution in [0, 0.1) is 5.92 Å². The third-order valence-electron chi connectivity index (χ3n) is 3.83. The largest absolute Gasteiger partial charge is 0.493 e. The van der Waals surface area contributed by atoms with Crippen LogP contribution in [-0.2, 0) is 21.8 Å². The van der Waals surface area contributed by atoms with Crippen LogP contribution in [0.1, 0.15) is 25.0 Å². The van der Waals surface area contributed by atoms with Crippen molar-refractivity contribution in [2.24, 2.45) is 5.92 Å². The number of carbonyl (C=O) groups is 2. The van der Waals surface area contributed by atoms with E-state index in [1.807, 2.05) is 13.8 Å². The number of methoxy groups -OCH3 is 1. The fourth-order valence-electron chi connectivity index (χ4n) is 2.37. The Morgan fingerprint density at radius 2 is 1.81 bits per heavy atom. The van der Waals surface area contributed by atoms with Gasteiger partial charge in [0, 0.05) is 22.9 Å². The third-order valence-corrected chi connectivity index (χ3v) is 4.17. The molecule has 0 atom stereocenters. The molecular formula is C20H23NO5S. The number of rotatable bonds is 8. The van der Waals surface area contributed by atoms with Crippen LogP contribution in [0.2, 0.25) is 0 Å². The maximum Gasteiger partial charge on any atom is 0.307 e. The van der Waals surface area contributed by atoms with Crippen molar-refractivity contribution in [3.63, 3.8) is 0 Å². The number of carboxylic acids is 1. The molecule has 0 bridgehead atoms. The van der Waals surface area contributed by atoms with E-state index in [1.165, 1.54) is 7.11 Å². The molecule has 0 aliphatic heterocycles. The Hall–Kier alpha value is -2.67. The highest BCUT2D eigenvalue weighted by molar-refractivity contribution is 7.79. The molecule has 0 saturated carbocycles. The number of carboxylic acid groups (broad SMARTS) is 1. The molecule has 2 rings (SSSR count). The van der Waals surface area contributed by atoms with Crippen molar-refractivity contribution in [2.45, 2.75) is 26.0 Å². The molecule has 0 radical (unpaired) electrons. The van der Waals surface area contributed by atoms with Gasteiger partial charge in [0.25, 0.3) is 0 Å². The molecule has 0 saturated heterocycles. The van der Waals surface area contributed by atoms with E-state index >= 15 is 0 Å². The van der Waals surface area contributed by atoms with Gasteiger partial charge in [0.05, 0.1) is 13.5 Å². The van der Waals surface area contributed by atoms with E-state index < -0.39 is 5.97 Å². The first-order chi connectivity index (χ1) is 12.8. The lowest BCUT2D eigenvalue weighted by Crippen LogP contribution is -2.17. The van der Waals surface area contributed by atoms with E-state index in [-0.39, 0.29) is 18.2 Å². The maximum atomic E-state index is 11.9. The molecule has 7 heteroatoms. The molecule has 144 valence electrons. The summed E-state index contributed by atoms with van der Waals surface area (Å²) >= 11 is 4.34. The first-order valence-electron chi connectivity index (χ1n) is 8.45. The smallest absolute Gasteiger partial charge is 0.307 e. The molecule has 27 heavy (non-hydrogen) atoms.